The van der Waals surface area contributed by atoms with Crippen molar-refractivity contribution in [2.45, 2.75) is 18.8 Å². The van der Waals surface area contributed by atoms with E-state index in [9.17, 15) is 4.79 Å². The van der Waals surface area contributed by atoms with Gasteiger partial charge in [0.25, 0.3) is 0 Å². The van der Waals surface area contributed by atoms with E-state index >= 15 is 0 Å². The zero-order chi connectivity index (χ0) is 11.5. The van der Waals surface area contributed by atoms with Crippen molar-refractivity contribution in [2.75, 3.05) is 0 Å². The Morgan fingerprint density at radius 1 is 1.67 bits per heavy atom. The van der Waals surface area contributed by atoms with Gasteiger partial charge in [-0.15, -0.1) is 0 Å². The van der Waals surface area contributed by atoms with Gasteiger partial charge in [0.1, 0.15) is 5.41 Å². The highest BCUT2D eigenvalue weighted by Crippen LogP contribution is 2.28. The monoisotopic (exact) mass is 315 g/mol. The van der Waals surface area contributed by atoms with Gasteiger partial charge in [0, 0.05) is 3.57 Å². The summed E-state index contributed by atoms with van der Waals surface area (Å²) in [5.74, 6) is -0.967. The third-order valence-corrected chi connectivity index (χ3v) is 3.04. The highest BCUT2D eigenvalue weighted by molar-refractivity contribution is 14.1. The third-order valence-electron chi connectivity index (χ3n) is 2.37. The van der Waals surface area contributed by atoms with Crippen LogP contribution in [0.4, 0.5) is 0 Å². The van der Waals surface area contributed by atoms with Crippen molar-refractivity contribution in [3.63, 3.8) is 0 Å². The van der Waals surface area contributed by atoms with Crippen LogP contribution in [0, 0.1) is 14.9 Å². The van der Waals surface area contributed by atoms with Crippen LogP contribution in [0.3, 0.4) is 0 Å². The Bertz CT molecular complexity index is 425. The molecule has 1 rings (SSSR count). The fourth-order valence-corrected chi connectivity index (χ4v) is 1.83. The van der Waals surface area contributed by atoms with Gasteiger partial charge in [0.05, 0.1) is 12.5 Å². The molecular weight excluding hydrogens is 305 g/mol. The quantitative estimate of drug-likeness (QED) is 0.872. The van der Waals surface area contributed by atoms with Crippen molar-refractivity contribution in [1.82, 2.24) is 0 Å². The molecule has 0 saturated heterocycles. The maximum Gasteiger partial charge on any atom is 0.314 e. The van der Waals surface area contributed by atoms with Crippen molar-refractivity contribution < 1.29 is 9.90 Å². The summed E-state index contributed by atoms with van der Waals surface area (Å²) in [6.45, 7) is 1.57. The molecule has 0 heterocycles. The normalized spacial score (nSPS) is 13.9. The SMILES string of the molecule is CC(CC#N)(C(=O)O)c1cccc(I)c1. The number of carbonyl (C=O) groups is 1. The molecule has 0 aliphatic heterocycles. The van der Waals surface area contributed by atoms with Crippen LogP contribution in [0.1, 0.15) is 18.9 Å². The summed E-state index contributed by atoms with van der Waals surface area (Å²) < 4.78 is 0.968. The van der Waals surface area contributed by atoms with Crippen molar-refractivity contribution in [3.05, 3.63) is 33.4 Å². The minimum absolute atomic E-state index is 0.0254. The molecule has 3 nitrogen and oxygen atoms in total. The summed E-state index contributed by atoms with van der Waals surface area (Å²) in [5, 5.41) is 17.8. The van der Waals surface area contributed by atoms with E-state index in [-0.39, 0.29) is 6.42 Å². The highest BCUT2D eigenvalue weighted by atomic mass is 127. The van der Waals surface area contributed by atoms with Crippen molar-refractivity contribution >= 4 is 28.6 Å². The molecule has 1 aromatic rings. The Morgan fingerprint density at radius 2 is 2.33 bits per heavy atom. The van der Waals surface area contributed by atoms with Crippen LogP contribution in [0.2, 0.25) is 0 Å². The Labute approximate surface area is 102 Å². The number of hydrogen-bond donors (Lipinski definition) is 1. The summed E-state index contributed by atoms with van der Waals surface area (Å²) in [4.78, 5) is 11.2. The van der Waals surface area contributed by atoms with E-state index in [1.807, 2.05) is 12.1 Å². The standard InChI is InChI=1S/C11H10INO2/c1-11(5-6-13,10(14)15)8-3-2-4-9(12)7-8/h2-4,7H,5H2,1H3,(H,14,15). The number of nitriles is 1. The summed E-state index contributed by atoms with van der Waals surface area (Å²) in [6.07, 6.45) is -0.0254. The zero-order valence-corrected chi connectivity index (χ0v) is 10.4. The summed E-state index contributed by atoms with van der Waals surface area (Å²) in [7, 11) is 0. The van der Waals surface area contributed by atoms with E-state index in [0.717, 1.165) is 3.57 Å². The molecule has 0 amide bonds. The number of halogens is 1. The van der Waals surface area contributed by atoms with E-state index in [0.29, 0.717) is 5.56 Å². The average Bonchev–Trinajstić information content (AvgIpc) is 2.17. The predicted octanol–water partition coefficient (Wildman–Crippen LogP) is 2.55. The molecule has 0 fully saturated rings. The van der Waals surface area contributed by atoms with Gasteiger partial charge in [0.2, 0.25) is 0 Å². The number of carboxylic acids is 1. The van der Waals surface area contributed by atoms with Crippen LogP contribution in [-0.2, 0) is 10.2 Å². The van der Waals surface area contributed by atoms with Gasteiger partial charge in [-0.2, -0.15) is 5.26 Å². The first-order valence-corrected chi connectivity index (χ1v) is 5.45. The van der Waals surface area contributed by atoms with Gasteiger partial charge in [-0.1, -0.05) is 12.1 Å². The lowest BCUT2D eigenvalue weighted by Crippen LogP contribution is -2.32. The molecule has 78 valence electrons. The van der Waals surface area contributed by atoms with Crippen molar-refractivity contribution in [3.8, 4) is 6.07 Å². The van der Waals surface area contributed by atoms with E-state index in [4.69, 9.17) is 10.4 Å². The molecule has 0 radical (unpaired) electrons. The number of hydrogen-bond acceptors (Lipinski definition) is 2. The summed E-state index contributed by atoms with van der Waals surface area (Å²) in [6, 6.07) is 9.15. The fraction of sp³-hybridized carbons (Fsp3) is 0.273. The smallest absolute Gasteiger partial charge is 0.314 e. The Hall–Kier alpha value is -1.09. The summed E-state index contributed by atoms with van der Waals surface area (Å²) >= 11 is 2.12. The molecular formula is C11H10INO2. The zero-order valence-electron chi connectivity index (χ0n) is 8.20. The lowest BCUT2D eigenvalue weighted by Gasteiger charge is -2.22. The van der Waals surface area contributed by atoms with Gasteiger partial charge in [-0.25, -0.2) is 0 Å². The van der Waals surface area contributed by atoms with Crippen LogP contribution in [0.25, 0.3) is 0 Å². The third kappa shape index (κ3) is 2.48. The molecule has 0 spiro atoms. The lowest BCUT2D eigenvalue weighted by atomic mass is 9.80. The minimum atomic E-state index is -1.12. The molecule has 0 bridgehead atoms. The second-order valence-corrected chi connectivity index (χ2v) is 4.73. The molecule has 4 heteroatoms. The second-order valence-electron chi connectivity index (χ2n) is 3.48. The van der Waals surface area contributed by atoms with E-state index in [1.165, 1.54) is 0 Å². The van der Waals surface area contributed by atoms with Crippen LogP contribution in [0.15, 0.2) is 24.3 Å². The Morgan fingerprint density at radius 3 is 2.80 bits per heavy atom. The number of aliphatic carboxylic acids is 1. The molecule has 1 atom stereocenters. The molecule has 0 saturated carbocycles. The summed E-state index contributed by atoms with van der Waals surface area (Å²) in [5.41, 5.74) is -0.445. The molecule has 0 aromatic heterocycles. The molecule has 1 aromatic carbocycles. The average molecular weight is 315 g/mol. The topological polar surface area (TPSA) is 61.1 Å². The Balaban J connectivity index is 3.22. The van der Waals surface area contributed by atoms with Crippen LogP contribution in [0.5, 0.6) is 0 Å². The van der Waals surface area contributed by atoms with Crippen molar-refractivity contribution in [1.29, 1.82) is 5.26 Å². The minimum Gasteiger partial charge on any atom is -0.481 e. The van der Waals surface area contributed by atoms with E-state index in [2.05, 4.69) is 22.6 Å². The largest absolute Gasteiger partial charge is 0.481 e. The maximum atomic E-state index is 11.2. The fourth-order valence-electron chi connectivity index (χ4n) is 1.29. The van der Waals surface area contributed by atoms with Gasteiger partial charge in [-0.3, -0.25) is 4.79 Å². The van der Waals surface area contributed by atoms with E-state index < -0.39 is 11.4 Å². The first-order valence-electron chi connectivity index (χ1n) is 4.37. The van der Waals surface area contributed by atoms with Crippen LogP contribution >= 0.6 is 22.6 Å². The number of nitrogens with zero attached hydrogens (tertiary/aromatic N) is 1. The lowest BCUT2D eigenvalue weighted by molar-refractivity contribution is -0.143. The van der Waals surface area contributed by atoms with Gasteiger partial charge < -0.3 is 5.11 Å². The van der Waals surface area contributed by atoms with Crippen LogP contribution < -0.4 is 0 Å². The molecule has 0 aliphatic rings. The highest BCUT2D eigenvalue weighted by Gasteiger charge is 2.35. The number of rotatable bonds is 3. The van der Waals surface area contributed by atoms with Gasteiger partial charge in [-0.05, 0) is 47.2 Å². The van der Waals surface area contributed by atoms with Gasteiger partial charge >= 0.3 is 5.97 Å². The molecule has 1 unspecified atom stereocenters. The van der Waals surface area contributed by atoms with E-state index in [1.54, 1.807) is 25.1 Å². The number of carboxylic acid groups (broad SMARTS) is 1. The predicted molar refractivity (Wildman–Crippen MR) is 64.4 cm³/mol. The first-order chi connectivity index (χ1) is 7.00. The van der Waals surface area contributed by atoms with Gasteiger partial charge in [0.15, 0.2) is 0 Å². The molecule has 0 aliphatic carbocycles. The Kier molecular flexibility index (Phi) is 3.69. The molecule has 1 N–H and O–H groups in total. The second kappa shape index (κ2) is 4.62. The maximum absolute atomic E-state index is 11.2. The van der Waals surface area contributed by atoms with Crippen molar-refractivity contribution in [2.24, 2.45) is 0 Å². The number of benzene rings is 1. The molecule has 15 heavy (non-hydrogen) atoms. The first kappa shape index (κ1) is 12.0. The van der Waals surface area contributed by atoms with Crippen LogP contribution in [-0.4, -0.2) is 11.1 Å².